The largest absolute Gasteiger partial charge is 0.365 e. The molecule has 0 fully saturated rings. The first-order valence-electron chi connectivity index (χ1n) is 6.10. The minimum absolute atomic E-state index is 0.318. The molecule has 0 saturated heterocycles. The maximum Gasteiger partial charge on any atom is 0.258 e. The fourth-order valence-corrected chi connectivity index (χ4v) is 3.81. The summed E-state index contributed by atoms with van der Waals surface area (Å²) in [5.74, 6) is -0.318. The van der Waals surface area contributed by atoms with E-state index in [2.05, 4.69) is 26.0 Å². The Bertz CT molecular complexity index is 655. The van der Waals surface area contributed by atoms with E-state index in [-0.39, 0.29) is 5.91 Å². The van der Waals surface area contributed by atoms with E-state index < -0.39 is 0 Å². The molecule has 2 N–H and O–H groups in total. The number of thiophene rings is 1. The van der Waals surface area contributed by atoms with E-state index in [1.165, 1.54) is 44.0 Å². The molecule has 0 atom stereocenters. The van der Waals surface area contributed by atoms with Crippen molar-refractivity contribution in [3.05, 3.63) is 45.3 Å². The molecular weight excluding hydrogens is 242 g/mol. The van der Waals surface area contributed by atoms with Crippen molar-refractivity contribution in [2.24, 2.45) is 5.73 Å². The monoisotopic (exact) mass is 257 g/mol. The number of rotatable bonds is 1. The van der Waals surface area contributed by atoms with Crippen LogP contribution in [0.5, 0.6) is 0 Å². The zero-order valence-electron chi connectivity index (χ0n) is 10.5. The van der Waals surface area contributed by atoms with Crippen LogP contribution < -0.4 is 5.73 Å². The molecule has 0 aliphatic heterocycles. The van der Waals surface area contributed by atoms with Crippen LogP contribution in [0.1, 0.15) is 31.9 Å². The summed E-state index contributed by atoms with van der Waals surface area (Å²) in [5.41, 5.74) is 12.0. The van der Waals surface area contributed by atoms with Gasteiger partial charge < -0.3 is 5.73 Å². The van der Waals surface area contributed by atoms with E-state index in [9.17, 15) is 4.79 Å². The fourth-order valence-electron chi connectivity index (χ4n) is 2.61. The summed E-state index contributed by atoms with van der Waals surface area (Å²) in [6, 6.07) is 6.36. The van der Waals surface area contributed by atoms with Gasteiger partial charge in [0.05, 0.1) is 4.88 Å². The normalized spacial score (nSPS) is 13.0. The maximum atomic E-state index is 11.3. The molecule has 0 spiro atoms. The van der Waals surface area contributed by atoms with Crippen molar-refractivity contribution in [2.45, 2.75) is 26.7 Å². The third-order valence-electron chi connectivity index (χ3n) is 3.76. The van der Waals surface area contributed by atoms with Crippen LogP contribution in [-0.2, 0) is 12.8 Å². The Morgan fingerprint density at radius 2 is 1.94 bits per heavy atom. The van der Waals surface area contributed by atoms with Crippen LogP contribution in [0.25, 0.3) is 10.4 Å². The molecule has 3 rings (SSSR count). The zero-order chi connectivity index (χ0) is 12.9. The third-order valence-corrected chi connectivity index (χ3v) is 4.97. The molecule has 3 heteroatoms. The third kappa shape index (κ3) is 1.58. The van der Waals surface area contributed by atoms with Gasteiger partial charge in [0, 0.05) is 4.88 Å². The quantitative estimate of drug-likeness (QED) is 0.837. The van der Waals surface area contributed by atoms with Crippen LogP contribution in [0.4, 0.5) is 0 Å². The van der Waals surface area contributed by atoms with Gasteiger partial charge in [0.1, 0.15) is 0 Å². The SMILES string of the molecule is Cc1ccc2c(c1C)-c1sc(C(N)=O)cc1CC2. The molecule has 1 aliphatic rings. The topological polar surface area (TPSA) is 43.1 Å². The Kier molecular flexibility index (Phi) is 2.52. The second-order valence-corrected chi connectivity index (χ2v) is 5.92. The van der Waals surface area contributed by atoms with Gasteiger partial charge in [-0.3, -0.25) is 4.79 Å². The molecular formula is C15H15NOS. The van der Waals surface area contributed by atoms with E-state index in [0.29, 0.717) is 4.88 Å². The number of aryl methyl sites for hydroxylation is 3. The standard InChI is InChI=1S/C15H15NOS/c1-8-3-4-10-5-6-11-7-12(15(16)17)18-14(11)13(10)9(8)2/h3-4,7H,5-6H2,1-2H3,(H2,16,17). The highest BCUT2D eigenvalue weighted by molar-refractivity contribution is 7.17. The summed E-state index contributed by atoms with van der Waals surface area (Å²) >= 11 is 1.53. The lowest BCUT2D eigenvalue weighted by atomic mass is 9.87. The highest BCUT2D eigenvalue weighted by atomic mass is 32.1. The Morgan fingerprint density at radius 3 is 2.67 bits per heavy atom. The summed E-state index contributed by atoms with van der Waals surface area (Å²) in [6.45, 7) is 4.29. The molecule has 1 amide bonds. The van der Waals surface area contributed by atoms with Crippen LogP contribution >= 0.6 is 11.3 Å². The predicted octanol–water partition coefficient (Wildman–Crippen LogP) is 3.23. The van der Waals surface area contributed by atoms with Crippen molar-refractivity contribution in [1.82, 2.24) is 0 Å². The van der Waals surface area contributed by atoms with E-state index >= 15 is 0 Å². The van der Waals surface area contributed by atoms with Crippen molar-refractivity contribution in [3.8, 4) is 10.4 Å². The maximum absolute atomic E-state index is 11.3. The molecule has 0 radical (unpaired) electrons. The first-order chi connectivity index (χ1) is 8.58. The summed E-state index contributed by atoms with van der Waals surface area (Å²) in [6.07, 6.45) is 2.06. The van der Waals surface area contributed by atoms with Gasteiger partial charge in [-0.1, -0.05) is 12.1 Å². The second kappa shape index (κ2) is 3.95. The fraction of sp³-hybridized carbons (Fsp3) is 0.267. The molecule has 0 bridgehead atoms. The molecule has 0 saturated carbocycles. The number of carbonyl (C=O) groups is 1. The minimum Gasteiger partial charge on any atom is -0.365 e. The minimum atomic E-state index is -0.318. The number of amides is 1. The van der Waals surface area contributed by atoms with Gasteiger partial charge in [0.2, 0.25) is 0 Å². The van der Waals surface area contributed by atoms with Gasteiger partial charge in [-0.25, -0.2) is 0 Å². The Labute approximate surface area is 110 Å². The van der Waals surface area contributed by atoms with E-state index in [4.69, 9.17) is 5.73 Å². The number of primary amides is 1. The van der Waals surface area contributed by atoms with Crippen LogP contribution in [-0.4, -0.2) is 5.91 Å². The highest BCUT2D eigenvalue weighted by Gasteiger charge is 2.22. The van der Waals surface area contributed by atoms with Gasteiger partial charge in [-0.15, -0.1) is 11.3 Å². The van der Waals surface area contributed by atoms with Crippen LogP contribution in [0, 0.1) is 13.8 Å². The lowest BCUT2D eigenvalue weighted by molar-refractivity contribution is 0.100. The van der Waals surface area contributed by atoms with Gasteiger partial charge in [0.15, 0.2) is 0 Å². The Balaban J connectivity index is 2.27. The Morgan fingerprint density at radius 1 is 1.22 bits per heavy atom. The highest BCUT2D eigenvalue weighted by Crippen LogP contribution is 2.42. The van der Waals surface area contributed by atoms with Crippen molar-refractivity contribution < 1.29 is 4.79 Å². The van der Waals surface area contributed by atoms with Crippen molar-refractivity contribution in [3.63, 3.8) is 0 Å². The van der Waals surface area contributed by atoms with E-state index in [0.717, 1.165) is 12.8 Å². The van der Waals surface area contributed by atoms with E-state index in [1.807, 2.05) is 6.07 Å². The molecule has 18 heavy (non-hydrogen) atoms. The first kappa shape index (κ1) is 11.5. The number of carbonyl (C=O) groups excluding carboxylic acids is 1. The van der Waals surface area contributed by atoms with Gasteiger partial charge >= 0.3 is 0 Å². The van der Waals surface area contributed by atoms with Crippen LogP contribution in [0.15, 0.2) is 18.2 Å². The van der Waals surface area contributed by atoms with Crippen molar-refractivity contribution >= 4 is 17.2 Å². The molecule has 1 aliphatic carbocycles. The molecule has 92 valence electrons. The molecule has 0 unspecified atom stereocenters. The number of benzene rings is 1. The molecule has 2 nitrogen and oxygen atoms in total. The van der Waals surface area contributed by atoms with E-state index in [1.54, 1.807) is 0 Å². The second-order valence-electron chi connectivity index (χ2n) is 4.87. The summed E-state index contributed by atoms with van der Waals surface area (Å²) < 4.78 is 0. The number of hydrogen-bond acceptors (Lipinski definition) is 2. The molecule has 2 aromatic rings. The summed E-state index contributed by atoms with van der Waals surface area (Å²) in [7, 11) is 0. The van der Waals surface area contributed by atoms with Crippen LogP contribution in [0.2, 0.25) is 0 Å². The molecule has 1 aromatic heterocycles. The molecule has 1 heterocycles. The van der Waals surface area contributed by atoms with Gasteiger partial charge in [-0.05, 0) is 60.6 Å². The summed E-state index contributed by atoms with van der Waals surface area (Å²) in [4.78, 5) is 13.2. The average molecular weight is 257 g/mol. The lowest BCUT2D eigenvalue weighted by Crippen LogP contribution is -2.08. The zero-order valence-corrected chi connectivity index (χ0v) is 11.4. The van der Waals surface area contributed by atoms with Gasteiger partial charge in [0.25, 0.3) is 5.91 Å². The first-order valence-corrected chi connectivity index (χ1v) is 6.91. The predicted molar refractivity (Wildman–Crippen MR) is 75.2 cm³/mol. The Hall–Kier alpha value is -1.61. The summed E-state index contributed by atoms with van der Waals surface area (Å²) in [5, 5.41) is 0. The van der Waals surface area contributed by atoms with Crippen LogP contribution in [0.3, 0.4) is 0 Å². The lowest BCUT2D eigenvalue weighted by Gasteiger charge is -2.19. The molecule has 1 aromatic carbocycles. The number of hydrogen-bond donors (Lipinski definition) is 1. The van der Waals surface area contributed by atoms with Crippen molar-refractivity contribution in [1.29, 1.82) is 0 Å². The average Bonchev–Trinajstić information content (AvgIpc) is 2.77. The number of nitrogens with two attached hydrogens (primary N) is 1. The smallest absolute Gasteiger partial charge is 0.258 e. The number of fused-ring (bicyclic) bond motifs is 3. The van der Waals surface area contributed by atoms with Gasteiger partial charge in [-0.2, -0.15) is 0 Å². The van der Waals surface area contributed by atoms with Crippen molar-refractivity contribution in [2.75, 3.05) is 0 Å².